The molecule has 0 saturated heterocycles. The van der Waals surface area contributed by atoms with E-state index in [1.165, 1.54) is 0 Å². The van der Waals surface area contributed by atoms with Crippen molar-refractivity contribution in [2.75, 3.05) is 5.75 Å². The van der Waals surface area contributed by atoms with Crippen LogP contribution >= 0.6 is 0 Å². The first-order chi connectivity index (χ1) is 7.45. The van der Waals surface area contributed by atoms with Crippen LogP contribution in [-0.4, -0.2) is 17.8 Å². The van der Waals surface area contributed by atoms with Crippen LogP contribution < -0.4 is 0 Å². The Balaban J connectivity index is 3.00. The molecule has 0 spiro atoms. The highest BCUT2D eigenvalue weighted by atomic mass is 32.2. The first-order valence-electron chi connectivity index (χ1n) is 4.54. The fourth-order valence-corrected chi connectivity index (χ4v) is 2.36. The Morgan fingerprint density at radius 1 is 1.31 bits per heavy atom. The van der Waals surface area contributed by atoms with Gasteiger partial charge in [0.25, 0.3) is 0 Å². The molecule has 0 bridgehead atoms. The van der Waals surface area contributed by atoms with Gasteiger partial charge in [-0.25, -0.2) is 0 Å². The minimum absolute atomic E-state index is 0.381. The number of halogens is 3. The molecule has 1 unspecified atom stereocenters. The Kier molecular flexibility index (Phi) is 4.23. The third kappa shape index (κ3) is 3.44. The SMILES string of the molecule is CCS(=NC(=O)C(F)(F)F)c1ccccc1. The standard InChI is InChI=1S/C10H10F3NOS/c1-2-16(8-6-4-3-5-7-8)14-9(15)10(11,12)13/h3-7H,2H2,1H3. The van der Waals surface area contributed by atoms with Gasteiger partial charge in [-0.1, -0.05) is 35.8 Å². The predicted molar refractivity (Wildman–Crippen MR) is 56.1 cm³/mol. The van der Waals surface area contributed by atoms with E-state index in [1.807, 2.05) is 0 Å². The van der Waals surface area contributed by atoms with Gasteiger partial charge in [0, 0.05) is 10.6 Å². The molecule has 0 heterocycles. The fraction of sp³-hybridized carbons (Fsp3) is 0.300. The molecule has 0 aliphatic rings. The molecule has 0 fully saturated rings. The first kappa shape index (κ1) is 12.9. The van der Waals surface area contributed by atoms with Crippen molar-refractivity contribution < 1.29 is 18.0 Å². The van der Waals surface area contributed by atoms with Gasteiger partial charge in [-0.2, -0.15) is 17.5 Å². The van der Waals surface area contributed by atoms with Crippen LogP contribution in [0.1, 0.15) is 6.92 Å². The van der Waals surface area contributed by atoms with E-state index in [1.54, 1.807) is 37.3 Å². The summed E-state index contributed by atoms with van der Waals surface area (Å²) in [6, 6.07) is 8.50. The Morgan fingerprint density at radius 3 is 2.31 bits per heavy atom. The number of carbonyl (C=O) groups excluding carboxylic acids is 1. The summed E-state index contributed by atoms with van der Waals surface area (Å²) in [4.78, 5) is 11.4. The molecule has 2 nitrogen and oxygen atoms in total. The molecular formula is C10H10F3NOS. The maximum Gasteiger partial charge on any atom is 0.474 e. The van der Waals surface area contributed by atoms with Crippen molar-refractivity contribution in [3.05, 3.63) is 30.3 Å². The van der Waals surface area contributed by atoms with Gasteiger partial charge in [-0.05, 0) is 12.1 Å². The lowest BCUT2D eigenvalue weighted by molar-refractivity contribution is -0.169. The Bertz CT molecular complexity index is 400. The van der Waals surface area contributed by atoms with E-state index in [0.29, 0.717) is 10.6 Å². The highest BCUT2D eigenvalue weighted by Gasteiger charge is 2.38. The van der Waals surface area contributed by atoms with Crippen molar-refractivity contribution in [3.8, 4) is 0 Å². The van der Waals surface area contributed by atoms with Crippen molar-refractivity contribution in [1.82, 2.24) is 0 Å². The minimum Gasteiger partial charge on any atom is -0.261 e. The summed E-state index contributed by atoms with van der Waals surface area (Å²) in [6.07, 6.45) is -4.88. The van der Waals surface area contributed by atoms with Crippen molar-refractivity contribution >= 4 is 16.6 Å². The largest absolute Gasteiger partial charge is 0.474 e. The summed E-state index contributed by atoms with van der Waals surface area (Å²) < 4.78 is 39.3. The lowest BCUT2D eigenvalue weighted by Crippen LogP contribution is -2.21. The van der Waals surface area contributed by atoms with Crippen LogP contribution in [0.15, 0.2) is 39.6 Å². The minimum atomic E-state index is -4.88. The summed E-state index contributed by atoms with van der Waals surface area (Å²) in [5.74, 6) is -1.63. The van der Waals surface area contributed by atoms with Gasteiger partial charge in [-0.3, -0.25) is 4.79 Å². The molecule has 1 aromatic carbocycles. The average Bonchev–Trinajstić information content (AvgIpc) is 2.25. The second kappa shape index (κ2) is 5.25. The number of rotatable bonds is 2. The molecule has 0 aliphatic carbocycles. The monoisotopic (exact) mass is 249 g/mol. The van der Waals surface area contributed by atoms with E-state index in [4.69, 9.17) is 0 Å². The molecule has 0 radical (unpaired) electrons. The number of nitrogens with zero attached hydrogens (tertiary/aromatic N) is 1. The molecule has 6 heteroatoms. The van der Waals surface area contributed by atoms with Gasteiger partial charge in [-0.15, -0.1) is 0 Å². The van der Waals surface area contributed by atoms with E-state index in [2.05, 4.69) is 4.36 Å². The number of carbonyl (C=O) groups is 1. The van der Waals surface area contributed by atoms with Crippen molar-refractivity contribution in [2.24, 2.45) is 4.36 Å². The topological polar surface area (TPSA) is 29.4 Å². The summed E-state index contributed by atoms with van der Waals surface area (Å²) in [5, 5.41) is 0. The molecule has 0 N–H and O–H groups in total. The molecule has 1 aromatic rings. The quantitative estimate of drug-likeness (QED) is 0.792. The van der Waals surface area contributed by atoms with E-state index in [9.17, 15) is 18.0 Å². The summed E-state index contributed by atoms with van der Waals surface area (Å²) in [7, 11) is -1.02. The summed E-state index contributed by atoms with van der Waals surface area (Å²) in [6.45, 7) is 1.70. The fourth-order valence-electron chi connectivity index (χ4n) is 1.01. The second-order valence-electron chi connectivity index (χ2n) is 2.86. The average molecular weight is 249 g/mol. The van der Waals surface area contributed by atoms with Crippen LogP contribution in [0.25, 0.3) is 0 Å². The predicted octanol–water partition coefficient (Wildman–Crippen LogP) is 2.96. The van der Waals surface area contributed by atoms with Crippen molar-refractivity contribution in [2.45, 2.75) is 18.0 Å². The number of hydrogen-bond donors (Lipinski definition) is 0. The molecule has 16 heavy (non-hydrogen) atoms. The third-order valence-electron chi connectivity index (χ3n) is 1.72. The second-order valence-corrected chi connectivity index (χ2v) is 4.82. The van der Waals surface area contributed by atoms with E-state index < -0.39 is 22.8 Å². The lowest BCUT2D eigenvalue weighted by Gasteiger charge is -2.06. The van der Waals surface area contributed by atoms with Crippen LogP contribution in [0.4, 0.5) is 13.2 Å². The highest BCUT2D eigenvalue weighted by molar-refractivity contribution is 7.87. The molecule has 1 atom stereocenters. The molecule has 0 saturated carbocycles. The Morgan fingerprint density at radius 2 is 1.88 bits per heavy atom. The van der Waals surface area contributed by atoms with Crippen LogP contribution in [-0.2, 0) is 15.5 Å². The zero-order valence-electron chi connectivity index (χ0n) is 8.49. The van der Waals surface area contributed by atoms with Crippen LogP contribution in [0.2, 0.25) is 0 Å². The summed E-state index contributed by atoms with van der Waals surface area (Å²) >= 11 is 0. The molecule has 88 valence electrons. The van der Waals surface area contributed by atoms with Crippen LogP contribution in [0.5, 0.6) is 0 Å². The molecule has 0 aromatic heterocycles. The van der Waals surface area contributed by atoms with Crippen molar-refractivity contribution in [1.29, 1.82) is 0 Å². The lowest BCUT2D eigenvalue weighted by atomic mass is 10.4. The van der Waals surface area contributed by atoms with Crippen LogP contribution in [0, 0.1) is 0 Å². The first-order valence-corrected chi connectivity index (χ1v) is 5.89. The number of benzene rings is 1. The van der Waals surface area contributed by atoms with Gasteiger partial charge < -0.3 is 0 Å². The maximum absolute atomic E-state index is 12.0. The van der Waals surface area contributed by atoms with E-state index >= 15 is 0 Å². The zero-order chi connectivity index (χ0) is 12.2. The van der Waals surface area contributed by atoms with Gasteiger partial charge in [0.2, 0.25) is 0 Å². The van der Waals surface area contributed by atoms with Crippen LogP contribution in [0.3, 0.4) is 0 Å². The van der Waals surface area contributed by atoms with Gasteiger partial charge >= 0.3 is 12.1 Å². The Hall–Kier alpha value is -1.17. The van der Waals surface area contributed by atoms with Gasteiger partial charge in [0.15, 0.2) is 0 Å². The smallest absolute Gasteiger partial charge is 0.261 e. The normalized spacial score (nSPS) is 13.8. The van der Waals surface area contributed by atoms with Crippen molar-refractivity contribution in [3.63, 3.8) is 0 Å². The maximum atomic E-state index is 12.0. The molecule has 1 rings (SSSR count). The molecule has 1 amide bonds. The third-order valence-corrected chi connectivity index (χ3v) is 3.47. The van der Waals surface area contributed by atoms with Gasteiger partial charge in [0.1, 0.15) is 0 Å². The molecular weight excluding hydrogens is 239 g/mol. The number of hydrogen-bond acceptors (Lipinski definition) is 1. The van der Waals surface area contributed by atoms with E-state index in [-0.39, 0.29) is 0 Å². The Labute approximate surface area is 93.6 Å². The molecule has 0 aliphatic heterocycles. The number of alkyl halides is 3. The van der Waals surface area contributed by atoms with E-state index in [0.717, 1.165) is 0 Å². The highest BCUT2D eigenvalue weighted by Crippen LogP contribution is 2.18. The van der Waals surface area contributed by atoms with Gasteiger partial charge in [0.05, 0.1) is 0 Å². The number of amides is 1. The summed E-state index contributed by atoms with van der Waals surface area (Å²) in [5.41, 5.74) is 0. The zero-order valence-corrected chi connectivity index (χ0v) is 9.31.